The summed E-state index contributed by atoms with van der Waals surface area (Å²) in [5, 5.41) is 0. The lowest BCUT2D eigenvalue weighted by molar-refractivity contribution is -0.915. The molecule has 0 radical (unpaired) electrons. The Kier molecular flexibility index (Phi) is 6.33. The summed E-state index contributed by atoms with van der Waals surface area (Å²) >= 11 is 3.50. The highest BCUT2D eigenvalue weighted by molar-refractivity contribution is 9.10. The molecule has 1 N–H and O–H groups in total. The summed E-state index contributed by atoms with van der Waals surface area (Å²) in [5.41, 5.74) is 0. The maximum Gasteiger partial charge on any atom is 0.133 e. The topological polar surface area (TPSA) is 22.9 Å². The maximum atomic E-state index is 5.79. The highest BCUT2D eigenvalue weighted by Gasteiger charge is 2.24. The number of unbranched alkanes of at least 4 members (excludes halogenated alkanes) is 1. The van der Waals surface area contributed by atoms with Crippen LogP contribution in [-0.4, -0.2) is 38.4 Å². The molecule has 0 saturated carbocycles. The second-order valence-electron chi connectivity index (χ2n) is 5.65. The summed E-state index contributed by atoms with van der Waals surface area (Å²) < 4.78 is 12.6. The Morgan fingerprint density at radius 2 is 1.90 bits per heavy atom. The van der Waals surface area contributed by atoms with Crippen LogP contribution >= 0.6 is 15.9 Å². The summed E-state index contributed by atoms with van der Waals surface area (Å²) in [5.74, 6) is 0.938. The zero-order chi connectivity index (χ0) is 14.4. The summed E-state index contributed by atoms with van der Waals surface area (Å²) in [6.45, 7) is 8.62. The minimum Gasteiger partial charge on any atom is -0.492 e. The van der Waals surface area contributed by atoms with Gasteiger partial charge in [-0.05, 0) is 54.8 Å². The second-order valence-corrected chi connectivity index (χ2v) is 6.51. The van der Waals surface area contributed by atoms with Crippen molar-refractivity contribution in [2.45, 2.75) is 38.9 Å². The van der Waals surface area contributed by atoms with Crippen molar-refractivity contribution in [2.75, 3.05) is 26.2 Å². The molecule has 20 heavy (non-hydrogen) atoms. The fourth-order valence-electron chi connectivity index (χ4n) is 2.81. The molecule has 1 heterocycles. The Hall–Kier alpha value is -0.580. The summed E-state index contributed by atoms with van der Waals surface area (Å²) in [6.07, 6.45) is 3.10. The summed E-state index contributed by atoms with van der Waals surface area (Å²) in [7, 11) is 0. The number of quaternary nitrogens is 1. The van der Waals surface area contributed by atoms with Gasteiger partial charge in [0.2, 0.25) is 0 Å². The molecule has 0 aromatic heterocycles. The first kappa shape index (κ1) is 15.8. The molecule has 1 saturated heterocycles. The lowest BCUT2D eigenvalue weighted by Crippen LogP contribution is -3.15. The van der Waals surface area contributed by atoms with Gasteiger partial charge in [0, 0.05) is 0 Å². The van der Waals surface area contributed by atoms with Crippen LogP contribution in [0.5, 0.6) is 5.75 Å². The van der Waals surface area contributed by atoms with Gasteiger partial charge in [0.1, 0.15) is 31.0 Å². The van der Waals surface area contributed by atoms with Crippen molar-refractivity contribution < 1.29 is 14.4 Å². The molecule has 1 aromatic carbocycles. The van der Waals surface area contributed by atoms with Gasteiger partial charge in [-0.15, -0.1) is 0 Å². The first-order valence-electron chi connectivity index (χ1n) is 7.51. The molecule has 0 aliphatic carbocycles. The van der Waals surface area contributed by atoms with Gasteiger partial charge < -0.3 is 14.4 Å². The number of rotatable bonds is 6. The number of nitrogens with one attached hydrogen (secondary N) is 1. The molecule has 1 aromatic rings. The summed E-state index contributed by atoms with van der Waals surface area (Å²) in [4.78, 5) is 1.66. The van der Waals surface area contributed by atoms with Crippen molar-refractivity contribution in [3.8, 4) is 5.75 Å². The number of halogens is 1. The number of morpholine rings is 1. The van der Waals surface area contributed by atoms with E-state index in [0.29, 0.717) is 12.2 Å². The molecule has 1 fully saturated rings. The monoisotopic (exact) mass is 342 g/mol. The molecule has 4 heteroatoms. The fraction of sp³-hybridized carbons (Fsp3) is 0.625. The number of hydrogen-bond acceptors (Lipinski definition) is 2. The van der Waals surface area contributed by atoms with Crippen molar-refractivity contribution in [1.29, 1.82) is 0 Å². The standard InChI is InChI=1S/C16H24BrNO2/c1-13-11-18(12-14(2)20-13)9-5-6-10-19-16-8-4-3-7-15(16)17/h3-4,7-8,13-14H,5-6,9-12H2,1-2H3/p+1/t13-,14-/m1/s1. The minimum atomic E-state index is 0.394. The van der Waals surface area contributed by atoms with Crippen LogP contribution in [0.3, 0.4) is 0 Å². The number of ether oxygens (including phenoxy) is 2. The first-order chi connectivity index (χ1) is 9.65. The SMILES string of the molecule is C[C@@H]1C[NH+](CCCCOc2ccccc2Br)C[C@@H](C)O1. The molecule has 3 nitrogen and oxygen atoms in total. The lowest BCUT2D eigenvalue weighted by atomic mass is 10.2. The third kappa shape index (κ3) is 5.08. The van der Waals surface area contributed by atoms with E-state index in [-0.39, 0.29) is 0 Å². The van der Waals surface area contributed by atoms with Gasteiger partial charge in [-0.2, -0.15) is 0 Å². The van der Waals surface area contributed by atoms with E-state index < -0.39 is 0 Å². The molecule has 0 spiro atoms. The third-order valence-corrected chi connectivity index (χ3v) is 4.29. The molecule has 2 rings (SSSR count). The third-order valence-electron chi connectivity index (χ3n) is 3.64. The number of hydrogen-bond donors (Lipinski definition) is 1. The average Bonchev–Trinajstić information content (AvgIpc) is 2.39. The van der Waals surface area contributed by atoms with Gasteiger partial charge in [0.25, 0.3) is 0 Å². The van der Waals surface area contributed by atoms with Crippen molar-refractivity contribution >= 4 is 15.9 Å². The van der Waals surface area contributed by atoms with E-state index >= 15 is 0 Å². The number of para-hydroxylation sites is 1. The predicted octanol–water partition coefficient (Wildman–Crippen LogP) is 2.30. The van der Waals surface area contributed by atoms with Crippen LogP contribution < -0.4 is 9.64 Å². The first-order valence-corrected chi connectivity index (χ1v) is 8.31. The Morgan fingerprint density at radius 3 is 2.60 bits per heavy atom. The molecular formula is C16H25BrNO2+. The zero-order valence-corrected chi connectivity index (χ0v) is 14.0. The Bertz CT molecular complexity index is 403. The average molecular weight is 343 g/mol. The highest BCUT2D eigenvalue weighted by Crippen LogP contribution is 2.23. The summed E-state index contributed by atoms with van der Waals surface area (Å²) in [6, 6.07) is 8.01. The van der Waals surface area contributed by atoms with Crippen molar-refractivity contribution in [3.63, 3.8) is 0 Å². The molecule has 1 aliphatic heterocycles. The van der Waals surface area contributed by atoms with E-state index in [1.165, 1.54) is 13.0 Å². The van der Waals surface area contributed by atoms with Crippen molar-refractivity contribution in [1.82, 2.24) is 0 Å². The molecule has 1 aliphatic rings. The minimum absolute atomic E-state index is 0.394. The van der Waals surface area contributed by atoms with Gasteiger partial charge in [-0.25, -0.2) is 0 Å². The smallest absolute Gasteiger partial charge is 0.133 e. The van der Waals surface area contributed by atoms with Crippen LogP contribution in [0.2, 0.25) is 0 Å². The lowest BCUT2D eigenvalue weighted by Gasteiger charge is -2.32. The van der Waals surface area contributed by atoms with E-state index in [1.807, 2.05) is 24.3 Å². The predicted molar refractivity (Wildman–Crippen MR) is 84.4 cm³/mol. The second kappa shape index (κ2) is 8.01. The van der Waals surface area contributed by atoms with Crippen LogP contribution in [0.15, 0.2) is 28.7 Å². The van der Waals surface area contributed by atoms with E-state index in [1.54, 1.807) is 4.90 Å². The fourth-order valence-corrected chi connectivity index (χ4v) is 3.21. The van der Waals surface area contributed by atoms with Crippen LogP contribution in [-0.2, 0) is 4.74 Å². The van der Waals surface area contributed by atoms with Crippen LogP contribution in [0, 0.1) is 0 Å². The van der Waals surface area contributed by atoms with Gasteiger partial charge in [0.15, 0.2) is 0 Å². The van der Waals surface area contributed by atoms with Gasteiger partial charge >= 0.3 is 0 Å². The Morgan fingerprint density at radius 1 is 1.20 bits per heavy atom. The van der Waals surface area contributed by atoms with E-state index in [4.69, 9.17) is 9.47 Å². The van der Waals surface area contributed by atoms with Crippen molar-refractivity contribution in [2.24, 2.45) is 0 Å². The molecule has 2 atom stereocenters. The van der Waals surface area contributed by atoms with Crippen LogP contribution in [0.25, 0.3) is 0 Å². The molecule has 0 unspecified atom stereocenters. The highest BCUT2D eigenvalue weighted by atomic mass is 79.9. The van der Waals surface area contributed by atoms with Gasteiger partial charge in [-0.3, -0.25) is 0 Å². The normalized spacial score (nSPS) is 26.4. The Balaban J connectivity index is 1.61. The molecular weight excluding hydrogens is 318 g/mol. The van der Waals surface area contributed by atoms with Gasteiger partial charge in [0.05, 0.1) is 17.6 Å². The van der Waals surface area contributed by atoms with Crippen LogP contribution in [0.4, 0.5) is 0 Å². The largest absolute Gasteiger partial charge is 0.492 e. The van der Waals surface area contributed by atoms with Gasteiger partial charge in [-0.1, -0.05) is 12.1 Å². The quantitative estimate of drug-likeness (QED) is 0.801. The van der Waals surface area contributed by atoms with Crippen LogP contribution in [0.1, 0.15) is 26.7 Å². The zero-order valence-electron chi connectivity index (χ0n) is 12.4. The van der Waals surface area contributed by atoms with E-state index in [2.05, 4.69) is 29.8 Å². The van der Waals surface area contributed by atoms with E-state index in [9.17, 15) is 0 Å². The molecule has 0 bridgehead atoms. The Labute approximate surface area is 130 Å². The maximum absolute atomic E-state index is 5.79. The van der Waals surface area contributed by atoms with Crippen molar-refractivity contribution in [3.05, 3.63) is 28.7 Å². The molecule has 112 valence electrons. The van der Waals surface area contributed by atoms with E-state index in [0.717, 1.165) is 36.3 Å². The number of benzene rings is 1. The molecule has 0 amide bonds.